The largest absolute Gasteiger partial charge is 0.459 e. The van der Waals surface area contributed by atoms with E-state index in [-0.39, 0.29) is 18.9 Å². The first-order chi connectivity index (χ1) is 13.4. The monoisotopic (exact) mass is 462 g/mol. The molecule has 1 heterocycles. The summed E-state index contributed by atoms with van der Waals surface area (Å²) < 4.78 is 29.0. The lowest BCUT2D eigenvalue weighted by Gasteiger charge is -2.26. The van der Waals surface area contributed by atoms with E-state index in [1.165, 1.54) is 6.66 Å². The Morgan fingerprint density at radius 3 is 2.55 bits per heavy atom. The SMILES string of the molecule is CCOP(C)(=O)C(Cc1nc(Cc2ccc(Cl)c(Cl)c2)no1)C(=O)OC(C)(C)C. The molecular formula is C19H25Cl2N2O5P. The topological polar surface area (TPSA) is 91.5 Å². The lowest BCUT2D eigenvalue weighted by Crippen LogP contribution is -2.33. The molecule has 0 fully saturated rings. The van der Waals surface area contributed by atoms with Crippen molar-refractivity contribution in [3.8, 4) is 0 Å². The highest BCUT2D eigenvalue weighted by atomic mass is 35.5. The summed E-state index contributed by atoms with van der Waals surface area (Å²) in [4.78, 5) is 17.0. The van der Waals surface area contributed by atoms with Crippen LogP contribution in [0.2, 0.25) is 10.0 Å². The lowest BCUT2D eigenvalue weighted by molar-refractivity contribution is -0.154. The van der Waals surface area contributed by atoms with Crippen molar-refractivity contribution in [2.24, 2.45) is 0 Å². The molecular weight excluding hydrogens is 438 g/mol. The molecule has 0 saturated carbocycles. The smallest absolute Gasteiger partial charge is 0.319 e. The van der Waals surface area contributed by atoms with Gasteiger partial charge in [0.2, 0.25) is 13.3 Å². The first-order valence-electron chi connectivity index (χ1n) is 9.11. The Morgan fingerprint density at radius 2 is 1.97 bits per heavy atom. The molecule has 0 saturated heterocycles. The van der Waals surface area contributed by atoms with E-state index >= 15 is 0 Å². The summed E-state index contributed by atoms with van der Waals surface area (Å²) in [5, 5.41) is 4.82. The average molecular weight is 463 g/mol. The van der Waals surface area contributed by atoms with Gasteiger partial charge >= 0.3 is 5.97 Å². The van der Waals surface area contributed by atoms with Crippen LogP contribution in [0.15, 0.2) is 22.7 Å². The number of carbonyl (C=O) groups excluding carboxylic acids is 1. The molecule has 10 heteroatoms. The van der Waals surface area contributed by atoms with Gasteiger partial charge in [0.25, 0.3) is 0 Å². The molecule has 0 aliphatic rings. The van der Waals surface area contributed by atoms with Crippen LogP contribution >= 0.6 is 30.6 Å². The second-order valence-electron chi connectivity index (χ2n) is 7.61. The van der Waals surface area contributed by atoms with E-state index in [4.69, 9.17) is 37.0 Å². The molecule has 2 unspecified atom stereocenters. The zero-order valence-electron chi connectivity index (χ0n) is 17.1. The van der Waals surface area contributed by atoms with Gasteiger partial charge in [0.15, 0.2) is 5.82 Å². The molecule has 160 valence electrons. The van der Waals surface area contributed by atoms with E-state index in [0.29, 0.717) is 22.3 Å². The van der Waals surface area contributed by atoms with Gasteiger partial charge in [-0.3, -0.25) is 9.36 Å². The average Bonchev–Trinajstić information content (AvgIpc) is 3.01. The van der Waals surface area contributed by atoms with Gasteiger partial charge in [0, 0.05) is 19.5 Å². The van der Waals surface area contributed by atoms with Gasteiger partial charge in [-0.1, -0.05) is 34.4 Å². The highest BCUT2D eigenvalue weighted by Gasteiger charge is 2.40. The van der Waals surface area contributed by atoms with Crippen molar-refractivity contribution in [1.29, 1.82) is 0 Å². The Hall–Kier alpha value is -1.40. The number of aromatic nitrogens is 2. The summed E-state index contributed by atoms with van der Waals surface area (Å²) in [6.45, 7) is 8.56. The number of hydrogen-bond donors (Lipinski definition) is 0. The molecule has 1 aromatic heterocycles. The van der Waals surface area contributed by atoms with Crippen LogP contribution in [0.5, 0.6) is 0 Å². The maximum absolute atomic E-state index is 13.0. The fourth-order valence-electron chi connectivity index (χ4n) is 2.60. The number of hydrogen-bond acceptors (Lipinski definition) is 7. The van der Waals surface area contributed by atoms with Gasteiger partial charge in [-0.25, -0.2) is 0 Å². The summed E-state index contributed by atoms with van der Waals surface area (Å²) in [5.74, 6) is -0.0395. The molecule has 7 nitrogen and oxygen atoms in total. The van der Waals surface area contributed by atoms with Crippen LogP contribution < -0.4 is 0 Å². The van der Waals surface area contributed by atoms with E-state index in [1.807, 2.05) is 6.07 Å². The number of halogens is 2. The number of esters is 1. The van der Waals surface area contributed by atoms with Crippen LogP contribution in [0.1, 0.15) is 45.0 Å². The van der Waals surface area contributed by atoms with Crippen molar-refractivity contribution >= 4 is 36.5 Å². The lowest BCUT2D eigenvalue weighted by atomic mass is 10.1. The molecule has 1 aromatic carbocycles. The van der Waals surface area contributed by atoms with E-state index in [0.717, 1.165) is 5.56 Å². The Balaban J connectivity index is 2.19. The molecule has 0 aliphatic carbocycles. The van der Waals surface area contributed by atoms with Crippen LogP contribution in [-0.4, -0.2) is 40.6 Å². The summed E-state index contributed by atoms with van der Waals surface area (Å²) in [6, 6.07) is 5.22. The first-order valence-corrected chi connectivity index (χ1v) is 12.0. The third kappa shape index (κ3) is 7.10. The highest BCUT2D eigenvalue weighted by molar-refractivity contribution is 7.60. The van der Waals surface area contributed by atoms with E-state index in [2.05, 4.69) is 10.1 Å². The quantitative estimate of drug-likeness (QED) is 0.394. The third-order valence-electron chi connectivity index (χ3n) is 3.85. The van der Waals surface area contributed by atoms with E-state index in [9.17, 15) is 9.36 Å². The molecule has 0 aliphatic heterocycles. The molecule has 0 amide bonds. The summed E-state index contributed by atoms with van der Waals surface area (Å²) in [7, 11) is -3.31. The molecule has 29 heavy (non-hydrogen) atoms. The number of ether oxygens (including phenoxy) is 1. The molecule has 0 N–H and O–H groups in total. The molecule has 0 spiro atoms. The van der Waals surface area contributed by atoms with Gasteiger partial charge in [0.1, 0.15) is 11.3 Å². The van der Waals surface area contributed by atoms with Gasteiger partial charge in [-0.15, -0.1) is 0 Å². The Labute approximate surface area is 180 Å². The van der Waals surface area contributed by atoms with Crippen LogP contribution in [0.25, 0.3) is 0 Å². The summed E-state index contributed by atoms with van der Waals surface area (Å²) in [6.07, 6.45) is 0.323. The molecule has 2 aromatic rings. The van der Waals surface area contributed by atoms with Crippen LogP contribution in [0, 0.1) is 0 Å². The van der Waals surface area contributed by atoms with Crippen molar-refractivity contribution < 1.29 is 23.1 Å². The molecule has 0 radical (unpaired) electrons. The molecule has 2 rings (SSSR count). The Bertz CT molecular complexity index is 910. The summed E-state index contributed by atoms with van der Waals surface area (Å²) >= 11 is 12.0. The van der Waals surface area contributed by atoms with Crippen molar-refractivity contribution in [2.45, 2.75) is 51.8 Å². The van der Waals surface area contributed by atoms with Crippen molar-refractivity contribution in [3.63, 3.8) is 0 Å². The van der Waals surface area contributed by atoms with E-state index < -0.39 is 24.6 Å². The predicted molar refractivity (Wildman–Crippen MR) is 112 cm³/mol. The minimum Gasteiger partial charge on any atom is -0.459 e. The number of benzene rings is 1. The van der Waals surface area contributed by atoms with Crippen molar-refractivity contribution in [1.82, 2.24) is 10.1 Å². The minimum absolute atomic E-state index is 0.0446. The van der Waals surface area contributed by atoms with Crippen molar-refractivity contribution in [2.75, 3.05) is 13.3 Å². The highest BCUT2D eigenvalue weighted by Crippen LogP contribution is 2.50. The van der Waals surface area contributed by atoms with E-state index in [1.54, 1.807) is 39.8 Å². The normalized spacial score (nSPS) is 15.0. The van der Waals surface area contributed by atoms with Crippen LogP contribution in [0.3, 0.4) is 0 Å². The van der Waals surface area contributed by atoms with Gasteiger partial charge in [-0.2, -0.15) is 4.98 Å². The minimum atomic E-state index is -3.31. The zero-order chi connectivity index (χ0) is 21.8. The zero-order valence-corrected chi connectivity index (χ0v) is 19.5. The second-order valence-corrected chi connectivity index (χ2v) is 11.1. The van der Waals surface area contributed by atoms with Gasteiger partial charge < -0.3 is 13.8 Å². The van der Waals surface area contributed by atoms with Gasteiger partial charge in [0.05, 0.1) is 16.7 Å². The second kappa shape index (κ2) is 9.61. The number of nitrogens with zero attached hydrogens (tertiary/aromatic N) is 2. The molecule has 0 bridgehead atoms. The van der Waals surface area contributed by atoms with Crippen molar-refractivity contribution in [3.05, 3.63) is 45.5 Å². The van der Waals surface area contributed by atoms with Crippen LogP contribution in [-0.2, 0) is 31.5 Å². The number of carbonyl (C=O) groups is 1. The maximum atomic E-state index is 13.0. The predicted octanol–water partition coefficient (Wildman–Crippen LogP) is 5.16. The fraction of sp³-hybridized carbons (Fsp3) is 0.526. The van der Waals surface area contributed by atoms with Crippen LogP contribution in [0.4, 0.5) is 0 Å². The fourth-order valence-corrected chi connectivity index (χ4v) is 4.54. The maximum Gasteiger partial charge on any atom is 0.319 e. The first kappa shape index (κ1) is 23.9. The molecule has 2 atom stereocenters. The Kier molecular flexibility index (Phi) is 7.91. The summed E-state index contributed by atoms with van der Waals surface area (Å²) in [5.41, 5.74) is -0.916. The Morgan fingerprint density at radius 1 is 1.28 bits per heavy atom. The third-order valence-corrected chi connectivity index (χ3v) is 6.89. The number of rotatable bonds is 8. The standard InChI is InChI=1S/C19H25Cl2N2O5P/c1-6-26-29(5,25)15(18(24)27-19(2,3)4)11-17-22-16(23-28-17)10-12-7-8-13(20)14(21)9-12/h7-9,15H,6,10-11H2,1-5H3. The van der Waals surface area contributed by atoms with Gasteiger partial charge in [-0.05, 0) is 45.4 Å².